The minimum absolute atomic E-state index is 0.0481. The van der Waals surface area contributed by atoms with Crippen LogP contribution in [-0.2, 0) is 4.74 Å². The predicted molar refractivity (Wildman–Crippen MR) is 71.9 cm³/mol. The number of alkyl carbamates (subject to hydrolysis) is 1. The van der Waals surface area contributed by atoms with E-state index in [0.717, 1.165) is 0 Å². The molecule has 1 amide bonds. The molecule has 0 bridgehead atoms. The number of hydrogen-bond acceptors (Lipinski definition) is 3. The molecule has 0 saturated carbocycles. The van der Waals surface area contributed by atoms with Gasteiger partial charge < -0.3 is 15.8 Å². The largest absolute Gasteiger partial charge is 0.444 e. The van der Waals surface area contributed by atoms with E-state index < -0.39 is 17.5 Å². The van der Waals surface area contributed by atoms with Gasteiger partial charge in [-0.05, 0) is 32.9 Å². The summed E-state index contributed by atoms with van der Waals surface area (Å²) in [6, 6.07) is 4.59. The molecule has 4 nitrogen and oxygen atoms in total. The third-order valence-corrected chi connectivity index (χ3v) is 1.97. The minimum Gasteiger partial charge on any atom is -0.444 e. The Morgan fingerprint density at radius 1 is 1.47 bits per heavy atom. The Bertz CT molecular complexity index is 524. The molecule has 0 aliphatic heterocycles. The van der Waals surface area contributed by atoms with Crippen molar-refractivity contribution in [2.75, 3.05) is 12.3 Å². The van der Waals surface area contributed by atoms with Gasteiger partial charge in [-0.15, -0.1) is 0 Å². The zero-order chi connectivity index (χ0) is 14.5. The Kier molecular flexibility index (Phi) is 4.76. The SMILES string of the molecule is CC(C)(C)OC(=O)NCC#Cc1cccc(N)c1F. The third-order valence-electron chi connectivity index (χ3n) is 1.97. The molecule has 0 saturated heterocycles. The Balaban J connectivity index is 2.53. The lowest BCUT2D eigenvalue weighted by Gasteiger charge is -2.18. The van der Waals surface area contributed by atoms with Crippen molar-refractivity contribution >= 4 is 11.8 Å². The van der Waals surface area contributed by atoms with Crippen LogP contribution in [0.1, 0.15) is 26.3 Å². The van der Waals surface area contributed by atoms with Gasteiger partial charge >= 0.3 is 6.09 Å². The van der Waals surface area contributed by atoms with E-state index in [9.17, 15) is 9.18 Å². The Morgan fingerprint density at radius 3 is 2.79 bits per heavy atom. The van der Waals surface area contributed by atoms with Crippen LogP contribution in [0.5, 0.6) is 0 Å². The normalized spacial score (nSPS) is 10.3. The van der Waals surface area contributed by atoms with E-state index in [1.807, 2.05) is 0 Å². The predicted octanol–water partition coefficient (Wildman–Crippen LogP) is 2.28. The number of nitrogens with one attached hydrogen (secondary N) is 1. The molecule has 1 aromatic carbocycles. The van der Waals surface area contributed by atoms with Gasteiger partial charge in [-0.2, -0.15) is 0 Å². The van der Waals surface area contributed by atoms with E-state index in [4.69, 9.17) is 10.5 Å². The number of benzene rings is 1. The quantitative estimate of drug-likeness (QED) is 0.604. The topological polar surface area (TPSA) is 64.3 Å². The van der Waals surface area contributed by atoms with Crippen LogP contribution in [0.4, 0.5) is 14.9 Å². The molecule has 19 heavy (non-hydrogen) atoms. The summed E-state index contributed by atoms with van der Waals surface area (Å²) >= 11 is 0. The average Bonchev–Trinajstić information content (AvgIpc) is 2.27. The number of halogens is 1. The first kappa shape index (κ1) is 14.8. The van der Waals surface area contributed by atoms with Gasteiger partial charge in [0.25, 0.3) is 0 Å². The first-order valence-corrected chi connectivity index (χ1v) is 5.79. The monoisotopic (exact) mass is 264 g/mol. The molecular formula is C14H17FN2O2. The Morgan fingerprint density at radius 2 is 2.16 bits per heavy atom. The molecule has 0 radical (unpaired) electrons. The maximum absolute atomic E-state index is 13.5. The molecule has 3 N–H and O–H groups in total. The smallest absolute Gasteiger partial charge is 0.408 e. The van der Waals surface area contributed by atoms with Gasteiger partial charge in [0.2, 0.25) is 0 Å². The number of nitrogen functional groups attached to an aromatic ring is 1. The summed E-state index contributed by atoms with van der Waals surface area (Å²) in [7, 11) is 0. The third kappa shape index (κ3) is 5.30. The van der Waals surface area contributed by atoms with Crippen LogP contribution in [0.3, 0.4) is 0 Å². The zero-order valence-electron chi connectivity index (χ0n) is 11.2. The lowest BCUT2D eigenvalue weighted by atomic mass is 10.2. The van der Waals surface area contributed by atoms with Gasteiger partial charge in [-0.25, -0.2) is 9.18 Å². The summed E-state index contributed by atoms with van der Waals surface area (Å²) in [4.78, 5) is 11.3. The van der Waals surface area contributed by atoms with Crippen LogP contribution in [-0.4, -0.2) is 18.2 Å². The fraction of sp³-hybridized carbons (Fsp3) is 0.357. The van der Waals surface area contributed by atoms with Gasteiger partial charge in [0.05, 0.1) is 17.8 Å². The fourth-order valence-corrected chi connectivity index (χ4v) is 1.22. The number of carbonyl (C=O) groups excluding carboxylic acids is 1. The summed E-state index contributed by atoms with van der Waals surface area (Å²) in [6.07, 6.45) is -0.560. The number of carbonyl (C=O) groups is 1. The highest BCUT2D eigenvalue weighted by Gasteiger charge is 2.15. The highest BCUT2D eigenvalue weighted by Crippen LogP contribution is 2.12. The molecule has 0 fully saturated rings. The maximum atomic E-state index is 13.5. The van der Waals surface area contributed by atoms with Crippen molar-refractivity contribution in [3.05, 3.63) is 29.6 Å². The molecule has 5 heteroatoms. The van der Waals surface area contributed by atoms with Crippen LogP contribution in [0, 0.1) is 17.7 Å². The number of hydrogen-bond donors (Lipinski definition) is 2. The minimum atomic E-state index is -0.560. The molecule has 0 aromatic heterocycles. The Labute approximate surface area is 112 Å². The van der Waals surface area contributed by atoms with Crippen molar-refractivity contribution in [2.45, 2.75) is 26.4 Å². The summed E-state index contributed by atoms with van der Waals surface area (Å²) in [6.45, 7) is 5.37. The van der Waals surface area contributed by atoms with Crippen LogP contribution in [0.2, 0.25) is 0 Å². The van der Waals surface area contributed by atoms with Crippen molar-refractivity contribution in [2.24, 2.45) is 0 Å². The highest BCUT2D eigenvalue weighted by atomic mass is 19.1. The number of nitrogens with two attached hydrogens (primary N) is 1. The van der Waals surface area contributed by atoms with Crippen LogP contribution < -0.4 is 11.1 Å². The van der Waals surface area contributed by atoms with E-state index in [0.29, 0.717) is 0 Å². The average molecular weight is 264 g/mol. The van der Waals surface area contributed by atoms with Crippen molar-refractivity contribution < 1.29 is 13.9 Å². The van der Waals surface area contributed by atoms with Gasteiger partial charge in [0, 0.05) is 0 Å². The van der Waals surface area contributed by atoms with Gasteiger partial charge in [0.1, 0.15) is 5.60 Å². The second-order valence-electron chi connectivity index (χ2n) is 4.87. The first-order valence-electron chi connectivity index (χ1n) is 5.79. The highest BCUT2D eigenvalue weighted by molar-refractivity contribution is 5.68. The van der Waals surface area contributed by atoms with E-state index >= 15 is 0 Å². The second kappa shape index (κ2) is 6.10. The van der Waals surface area contributed by atoms with Gasteiger partial charge in [-0.3, -0.25) is 0 Å². The van der Waals surface area contributed by atoms with Crippen molar-refractivity contribution in [3.63, 3.8) is 0 Å². The van der Waals surface area contributed by atoms with Crippen molar-refractivity contribution in [1.82, 2.24) is 5.32 Å². The number of anilines is 1. The molecule has 0 aliphatic rings. The number of rotatable bonds is 1. The summed E-state index contributed by atoms with van der Waals surface area (Å²) in [5.41, 5.74) is 5.10. The Hall–Kier alpha value is -2.22. The van der Waals surface area contributed by atoms with E-state index in [1.165, 1.54) is 12.1 Å². The van der Waals surface area contributed by atoms with E-state index in [-0.39, 0.29) is 17.8 Å². The van der Waals surface area contributed by atoms with Crippen LogP contribution in [0.25, 0.3) is 0 Å². The van der Waals surface area contributed by atoms with Crippen LogP contribution >= 0.6 is 0 Å². The molecule has 0 atom stereocenters. The molecule has 0 aliphatic carbocycles. The maximum Gasteiger partial charge on any atom is 0.408 e. The zero-order valence-corrected chi connectivity index (χ0v) is 11.2. The standard InChI is InChI=1S/C14H17FN2O2/c1-14(2,3)19-13(18)17-9-5-7-10-6-4-8-11(16)12(10)15/h4,6,8H,9,16H2,1-3H3,(H,17,18). The fourth-order valence-electron chi connectivity index (χ4n) is 1.22. The van der Waals surface area contributed by atoms with Crippen molar-refractivity contribution in [1.29, 1.82) is 0 Å². The van der Waals surface area contributed by atoms with E-state index in [1.54, 1.807) is 26.8 Å². The molecule has 0 heterocycles. The van der Waals surface area contributed by atoms with Crippen LogP contribution in [0.15, 0.2) is 18.2 Å². The summed E-state index contributed by atoms with van der Waals surface area (Å²) in [5, 5.41) is 2.46. The number of amides is 1. The second-order valence-corrected chi connectivity index (χ2v) is 4.87. The molecule has 102 valence electrons. The lowest BCUT2D eigenvalue weighted by molar-refractivity contribution is 0.0535. The molecule has 0 unspecified atom stereocenters. The van der Waals surface area contributed by atoms with Gasteiger partial charge in [-0.1, -0.05) is 17.9 Å². The molecule has 1 aromatic rings. The van der Waals surface area contributed by atoms with Crippen molar-refractivity contribution in [3.8, 4) is 11.8 Å². The first-order chi connectivity index (χ1) is 8.79. The summed E-state index contributed by atoms with van der Waals surface area (Å²) in [5.74, 6) is 4.68. The number of ether oxygens (including phenoxy) is 1. The molecular weight excluding hydrogens is 247 g/mol. The van der Waals surface area contributed by atoms with Gasteiger partial charge in [0.15, 0.2) is 5.82 Å². The van der Waals surface area contributed by atoms with E-state index in [2.05, 4.69) is 17.2 Å². The molecule has 0 spiro atoms. The summed E-state index contributed by atoms with van der Waals surface area (Å²) < 4.78 is 18.5. The lowest BCUT2D eigenvalue weighted by Crippen LogP contribution is -2.32. The molecule has 1 rings (SSSR count).